The van der Waals surface area contributed by atoms with Crippen LogP contribution in [0.1, 0.15) is 0 Å². The molecule has 0 bridgehead atoms. The molecule has 0 saturated heterocycles. The van der Waals surface area contributed by atoms with Crippen LogP contribution < -0.4 is 15.8 Å². The van der Waals surface area contributed by atoms with Gasteiger partial charge in [-0.05, 0) is 18.2 Å². The van der Waals surface area contributed by atoms with Crippen molar-refractivity contribution in [1.29, 1.82) is 0 Å². The minimum Gasteiger partial charge on any atom is -0.481 e. The number of nitrogens with two attached hydrogens (primary N) is 1. The van der Waals surface area contributed by atoms with E-state index in [1.165, 1.54) is 7.11 Å². The van der Waals surface area contributed by atoms with Gasteiger partial charge in [0.25, 0.3) is 0 Å². The number of pyridine rings is 1. The first-order chi connectivity index (χ1) is 8.60. The Labute approximate surface area is 102 Å². The fourth-order valence-corrected chi connectivity index (χ4v) is 1.39. The smallest absolute Gasteiger partial charge is 0.215 e. The molecule has 0 radical (unpaired) electrons. The van der Waals surface area contributed by atoms with Crippen LogP contribution in [0.4, 0.5) is 26.0 Å². The van der Waals surface area contributed by atoms with Crippen molar-refractivity contribution in [3.63, 3.8) is 0 Å². The number of rotatable bonds is 3. The lowest BCUT2D eigenvalue weighted by atomic mass is 10.3. The summed E-state index contributed by atoms with van der Waals surface area (Å²) >= 11 is 0. The van der Waals surface area contributed by atoms with Crippen molar-refractivity contribution in [2.75, 3.05) is 18.2 Å². The van der Waals surface area contributed by atoms with Gasteiger partial charge in [-0.25, -0.2) is 8.78 Å². The SMILES string of the molecule is COc1ccc(N)c(Nc2cc(F)ccc2F)n1. The van der Waals surface area contributed by atoms with Gasteiger partial charge in [0, 0.05) is 12.1 Å². The van der Waals surface area contributed by atoms with E-state index in [1.807, 2.05) is 0 Å². The quantitative estimate of drug-likeness (QED) is 0.880. The van der Waals surface area contributed by atoms with Crippen molar-refractivity contribution in [3.8, 4) is 5.88 Å². The van der Waals surface area contributed by atoms with E-state index < -0.39 is 11.6 Å². The number of halogens is 2. The Hall–Kier alpha value is -2.37. The number of nitrogen functional groups attached to an aromatic ring is 1. The molecule has 0 aliphatic carbocycles. The lowest BCUT2D eigenvalue weighted by molar-refractivity contribution is 0.398. The predicted molar refractivity (Wildman–Crippen MR) is 64.8 cm³/mol. The highest BCUT2D eigenvalue weighted by Crippen LogP contribution is 2.25. The summed E-state index contributed by atoms with van der Waals surface area (Å²) in [5.74, 6) is -0.622. The predicted octanol–water partition coefficient (Wildman–Crippen LogP) is 2.69. The fraction of sp³-hybridized carbons (Fsp3) is 0.0833. The van der Waals surface area contributed by atoms with E-state index in [-0.39, 0.29) is 11.5 Å². The first kappa shape index (κ1) is 12.1. The molecule has 2 aromatic rings. The first-order valence-electron chi connectivity index (χ1n) is 5.12. The van der Waals surface area contributed by atoms with Gasteiger partial charge in [0.1, 0.15) is 11.6 Å². The summed E-state index contributed by atoms with van der Waals surface area (Å²) in [7, 11) is 1.45. The van der Waals surface area contributed by atoms with Gasteiger partial charge < -0.3 is 15.8 Å². The van der Waals surface area contributed by atoms with Crippen molar-refractivity contribution < 1.29 is 13.5 Å². The van der Waals surface area contributed by atoms with E-state index >= 15 is 0 Å². The average Bonchev–Trinajstić information content (AvgIpc) is 2.36. The molecule has 0 fully saturated rings. The molecule has 3 N–H and O–H groups in total. The first-order valence-corrected chi connectivity index (χ1v) is 5.12. The molecule has 18 heavy (non-hydrogen) atoms. The van der Waals surface area contributed by atoms with Crippen LogP contribution in [0.3, 0.4) is 0 Å². The molecule has 1 heterocycles. The Balaban J connectivity index is 2.36. The minimum atomic E-state index is -0.597. The van der Waals surface area contributed by atoms with Crippen LogP contribution in [0.15, 0.2) is 30.3 Å². The highest BCUT2D eigenvalue weighted by molar-refractivity contribution is 5.69. The molecule has 0 atom stereocenters. The normalized spacial score (nSPS) is 10.2. The molecule has 0 unspecified atom stereocenters. The van der Waals surface area contributed by atoms with E-state index in [0.29, 0.717) is 11.6 Å². The number of hydrogen-bond acceptors (Lipinski definition) is 4. The largest absolute Gasteiger partial charge is 0.481 e. The Kier molecular flexibility index (Phi) is 3.27. The van der Waals surface area contributed by atoms with Crippen molar-refractivity contribution >= 4 is 17.2 Å². The number of ether oxygens (including phenoxy) is 1. The number of anilines is 3. The number of methoxy groups -OCH3 is 1. The molecule has 94 valence electrons. The Morgan fingerprint density at radius 2 is 2.00 bits per heavy atom. The van der Waals surface area contributed by atoms with Crippen LogP contribution >= 0.6 is 0 Å². The zero-order valence-corrected chi connectivity index (χ0v) is 9.58. The maximum Gasteiger partial charge on any atom is 0.215 e. The van der Waals surface area contributed by atoms with E-state index in [1.54, 1.807) is 12.1 Å². The van der Waals surface area contributed by atoms with Crippen molar-refractivity contribution in [3.05, 3.63) is 42.0 Å². The topological polar surface area (TPSA) is 60.2 Å². The Bertz CT molecular complexity index is 575. The van der Waals surface area contributed by atoms with E-state index in [4.69, 9.17) is 10.5 Å². The maximum atomic E-state index is 13.4. The second-order valence-electron chi connectivity index (χ2n) is 3.54. The molecule has 1 aromatic carbocycles. The third-order valence-corrected chi connectivity index (χ3v) is 2.29. The molecule has 4 nitrogen and oxygen atoms in total. The third kappa shape index (κ3) is 2.48. The summed E-state index contributed by atoms with van der Waals surface area (Å²) in [5.41, 5.74) is 5.95. The molecule has 0 amide bonds. The van der Waals surface area contributed by atoms with Crippen molar-refractivity contribution in [2.24, 2.45) is 0 Å². The van der Waals surface area contributed by atoms with Crippen LogP contribution in [-0.2, 0) is 0 Å². The standard InChI is InChI=1S/C12H11F2N3O/c1-18-11-5-4-9(15)12(17-11)16-10-6-7(13)2-3-8(10)14/h2-6H,15H2,1H3,(H,16,17). The van der Waals surface area contributed by atoms with Crippen LogP contribution in [0.5, 0.6) is 5.88 Å². The highest BCUT2D eigenvalue weighted by atomic mass is 19.1. The van der Waals surface area contributed by atoms with Crippen LogP contribution in [0.2, 0.25) is 0 Å². The maximum absolute atomic E-state index is 13.4. The van der Waals surface area contributed by atoms with Crippen LogP contribution in [0.25, 0.3) is 0 Å². The van der Waals surface area contributed by atoms with Crippen LogP contribution in [0, 0.1) is 11.6 Å². The molecular weight excluding hydrogens is 240 g/mol. The van der Waals surface area contributed by atoms with E-state index in [2.05, 4.69) is 10.3 Å². The number of nitrogens with zero attached hydrogens (tertiary/aromatic N) is 1. The number of hydrogen-bond donors (Lipinski definition) is 2. The highest BCUT2D eigenvalue weighted by Gasteiger charge is 2.08. The molecule has 0 aliphatic rings. The molecule has 0 aliphatic heterocycles. The van der Waals surface area contributed by atoms with Crippen LogP contribution in [-0.4, -0.2) is 12.1 Å². The average molecular weight is 251 g/mol. The number of benzene rings is 1. The van der Waals surface area contributed by atoms with Gasteiger partial charge in [0.2, 0.25) is 5.88 Å². The van der Waals surface area contributed by atoms with Crippen molar-refractivity contribution in [2.45, 2.75) is 0 Å². The van der Waals surface area contributed by atoms with Gasteiger partial charge in [0.15, 0.2) is 5.82 Å². The van der Waals surface area contributed by atoms with Gasteiger partial charge in [-0.1, -0.05) is 0 Å². The van der Waals surface area contributed by atoms with Gasteiger partial charge >= 0.3 is 0 Å². The van der Waals surface area contributed by atoms with E-state index in [0.717, 1.165) is 18.2 Å². The molecule has 0 spiro atoms. The lowest BCUT2D eigenvalue weighted by Gasteiger charge is -2.10. The lowest BCUT2D eigenvalue weighted by Crippen LogP contribution is -2.02. The minimum absolute atomic E-state index is 0.0394. The second kappa shape index (κ2) is 4.87. The second-order valence-corrected chi connectivity index (χ2v) is 3.54. The summed E-state index contributed by atoms with van der Waals surface area (Å²) < 4.78 is 31.4. The summed E-state index contributed by atoms with van der Waals surface area (Å²) in [6.45, 7) is 0. The fourth-order valence-electron chi connectivity index (χ4n) is 1.39. The zero-order valence-electron chi connectivity index (χ0n) is 9.58. The molecular formula is C12H11F2N3O. The molecule has 0 saturated carbocycles. The summed E-state index contributed by atoms with van der Waals surface area (Å²) in [6, 6.07) is 6.21. The monoisotopic (exact) mass is 251 g/mol. The number of nitrogens with one attached hydrogen (secondary N) is 1. The Morgan fingerprint density at radius 3 is 2.72 bits per heavy atom. The van der Waals surface area contributed by atoms with Gasteiger partial charge in [-0.3, -0.25) is 0 Å². The zero-order chi connectivity index (χ0) is 13.1. The van der Waals surface area contributed by atoms with Gasteiger partial charge in [-0.15, -0.1) is 0 Å². The third-order valence-electron chi connectivity index (χ3n) is 2.29. The van der Waals surface area contributed by atoms with Gasteiger partial charge in [0.05, 0.1) is 18.5 Å². The number of aromatic nitrogens is 1. The summed E-state index contributed by atoms with van der Waals surface area (Å²) in [4.78, 5) is 4.01. The van der Waals surface area contributed by atoms with Crippen molar-refractivity contribution in [1.82, 2.24) is 4.98 Å². The molecule has 1 aromatic heterocycles. The Morgan fingerprint density at radius 1 is 1.22 bits per heavy atom. The summed E-state index contributed by atoms with van der Waals surface area (Å²) in [6.07, 6.45) is 0. The van der Waals surface area contributed by atoms with Gasteiger partial charge in [-0.2, -0.15) is 4.98 Å². The summed E-state index contributed by atoms with van der Waals surface area (Å²) in [5, 5.41) is 2.62. The molecule has 6 heteroatoms. The van der Waals surface area contributed by atoms with E-state index in [9.17, 15) is 8.78 Å². The molecule has 2 rings (SSSR count).